The standard InChI is InChI=1S/C20H38N4O6/c1-9(2)8-13(21)17(26)22-14(10(3)4)18(27)24-16(12(7)25)19(28)23-15(11(5)6)20(29)30/h9-16,25H,8,21H2,1-7H3,(H,22,26)(H,23,28)(H,24,27)(H,29,30). The van der Waals surface area contributed by atoms with Crippen molar-refractivity contribution in [1.82, 2.24) is 16.0 Å². The molecule has 10 heteroatoms. The van der Waals surface area contributed by atoms with E-state index in [0.717, 1.165) is 0 Å². The number of hydrogen-bond donors (Lipinski definition) is 6. The molecular weight excluding hydrogens is 392 g/mol. The van der Waals surface area contributed by atoms with Crippen LogP contribution in [0.15, 0.2) is 0 Å². The highest BCUT2D eigenvalue weighted by Gasteiger charge is 2.34. The van der Waals surface area contributed by atoms with E-state index in [9.17, 15) is 29.4 Å². The lowest BCUT2D eigenvalue weighted by atomic mass is 9.99. The fraction of sp³-hybridized carbons (Fsp3) is 0.800. The van der Waals surface area contributed by atoms with Crippen LogP contribution < -0.4 is 21.7 Å². The molecule has 0 aromatic carbocycles. The minimum atomic E-state index is -1.39. The average molecular weight is 431 g/mol. The van der Waals surface area contributed by atoms with Gasteiger partial charge in [0.15, 0.2) is 0 Å². The molecule has 0 rings (SSSR count). The van der Waals surface area contributed by atoms with Gasteiger partial charge in [-0.1, -0.05) is 41.5 Å². The molecule has 5 atom stereocenters. The third kappa shape index (κ3) is 9.08. The molecule has 7 N–H and O–H groups in total. The molecule has 0 saturated carbocycles. The van der Waals surface area contributed by atoms with E-state index < -0.39 is 59.9 Å². The first-order valence-electron chi connectivity index (χ1n) is 10.3. The molecule has 0 aliphatic heterocycles. The van der Waals surface area contributed by atoms with Crippen LogP contribution in [-0.2, 0) is 19.2 Å². The van der Waals surface area contributed by atoms with Crippen molar-refractivity contribution in [3.63, 3.8) is 0 Å². The Bertz CT molecular complexity index is 606. The van der Waals surface area contributed by atoms with E-state index in [-0.39, 0.29) is 11.8 Å². The number of aliphatic carboxylic acids is 1. The summed E-state index contributed by atoms with van der Waals surface area (Å²) in [6.07, 6.45) is -0.842. The molecule has 5 unspecified atom stereocenters. The first-order chi connectivity index (χ1) is 13.7. The van der Waals surface area contributed by atoms with E-state index in [1.807, 2.05) is 13.8 Å². The molecule has 0 saturated heterocycles. The van der Waals surface area contributed by atoms with Gasteiger partial charge in [-0.25, -0.2) is 4.79 Å². The molecule has 30 heavy (non-hydrogen) atoms. The summed E-state index contributed by atoms with van der Waals surface area (Å²) >= 11 is 0. The number of carbonyl (C=O) groups is 4. The Morgan fingerprint density at radius 3 is 1.50 bits per heavy atom. The van der Waals surface area contributed by atoms with Gasteiger partial charge in [0.2, 0.25) is 17.7 Å². The molecule has 174 valence electrons. The minimum absolute atomic E-state index is 0.198. The number of nitrogens with one attached hydrogen (secondary N) is 3. The van der Waals surface area contributed by atoms with Crippen molar-refractivity contribution in [2.75, 3.05) is 0 Å². The van der Waals surface area contributed by atoms with Gasteiger partial charge in [-0.15, -0.1) is 0 Å². The first kappa shape index (κ1) is 27.8. The fourth-order valence-corrected chi connectivity index (χ4v) is 2.82. The van der Waals surface area contributed by atoms with Crippen molar-refractivity contribution < 1.29 is 29.4 Å². The molecule has 0 bridgehead atoms. The van der Waals surface area contributed by atoms with Crippen LogP contribution in [0.3, 0.4) is 0 Å². The molecule has 0 aromatic rings. The van der Waals surface area contributed by atoms with Gasteiger partial charge in [-0.3, -0.25) is 14.4 Å². The lowest BCUT2D eigenvalue weighted by molar-refractivity contribution is -0.144. The van der Waals surface area contributed by atoms with E-state index in [0.29, 0.717) is 6.42 Å². The molecule has 0 radical (unpaired) electrons. The van der Waals surface area contributed by atoms with Gasteiger partial charge in [0.05, 0.1) is 12.1 Å². The molecule has 10 nitrogen and oxygen atoms in total. The Balaban J connectivity index is 5.34. The average Bonchev–Trinajstić information content (AvgIpc) is 2.59. The Morgan fingerprint density at radius 2 is 1.13 bits per heavy atom. The molecule has 0 aromatic heterocycles. The second kappa shape index (κ2) is 12.5. The third-order valence-electron chi connectivity index (χ3n) is 4.60. The highest BCUT2D eigenvalue weighted by molar-refractivity contribution is 5.94. The van der Waals surface area contributed by atoms with Crippen LogP contribution >= 0.6 is 0 Å². The van der Waals surface area contributed by atoms with Crippen LogP contribution in [0.5, 0.6) is 0 Å². The predicted octanol–water partition coefficient (Wildman–Crippen LogP) is -0.408. The van der Waals surface area contributed by atoms with Crippen molar-refractivity contribution in [1.29, 1.82) is 0 Å². The number of rotatable bonds is 12. The number of aliphatic hydroxyl groups is 1. The molecule has 0 spiro atoms. The summed E-state index contributed by atoms with van der Waals surface area (Å²) in [5, 5.41) is 26.6. The third-order valence-corrected chi connectivity index (χ3v) is 4.60. The monoisotopic (exact) mass is 430 g/mol. The minimum Gasteiger partial charge on any atom is -0.480 e. The van der Waals surface area contributed by atoms with E-state index in [1.54, 1.807) is 27.7 Å². The molecule has 0 aliphatic rings. The van der Waals surface area contributed by atoms with Gasteiger partial charge in [-0.05, 0) is 31.1 Å². The van der Waals surface area contributed by atoms with Gasteiger partial charge in [0, 0.05) is 0 Å². The number of carboxylic acids is 1. The van der Waals surface area contributed by atoms with Gasteiger partial charge in [0.25, 0.3) is 0 Å². The lowest BCUT2D eigenvalue weighted by Crippen LogP contribution is -2.61. The number of hydrogen-bond acceptors (Lipinski definition) is 6. The quantitative estimate of drug-likeness (QED) is 0.244. The normalized spacial score (nSPS) is 16.5. The van der Waals surface area contributed by atoms with E-state index >= 15 is 0 Å². The molecule has 0 heterocycles. The molecule has 0 fully saturated rings. The molecule has 0 aliphatic carbocycles. The zero-order valence-electron chi connectivity index (χ0n) is 18.9. The summed E-state index contributed by atoms with van der Waals surface area (Å²) in [5.41, 5.74) is 5.87. The molecule has 3 amide bonds. The highest BCUT2D eigenvalue weighted by atomic mass is 16.4. The first-order valence-corrected chi connectivity index (χ1v) is 10.3. The predicted molar refractivity (Wildman–Crippen MR) is 112 cm³/mol. The summed E-state index contributed by atoms with van der Waals surface area (Å²) in [6, 6.07) is -4.33. The van der Waals surface area contributed by atoms with Gasteiger partial charge < -0.3 is 31.9 Å². The zero-order chi connectivity index (χ0) is 23.8. The van der Waals surface area contributed by atoms with Crippen molar-refractivity contribution >= 4 is 23.7 Å². The van der Waals surface area contributed by atoms with Crippen LogP contribution in [0.1, 0.15) is 54.9 Å². The maximum atomic E-state index is 12.8. The highest BCUT2D eigenvalue weighted by Crippen LogP contribution is 2.08. The smallest absolute Gasteiger partial charge is 0.326 e. The van der Waals surface area contributed by atoms with Crippen LogP contribution in [0.2, 0.25) is 0 Å². The van der Waals surface area contributed by atoms with Gasteiger partial charge in [0.1, 0.15) is 18.1 Å². The second-order valence-electron chi connectivity index (χ2n) is 8.76. The topological polar surface area (TPSA) is 171 Å². The van der Waals surface area contributed by atoms with Crippen molar-refractivity contribution in [3.8, 4) is 0 Å². The van der Waals surface area contributed by atoms with Crippen molar-refractivity contribution in [2.45, 2.75) is 85.2 Å². The van der Waals surface area contributed by atoms with E-state index in [4.69, 9.17) is 5.73 Å². The Hall–Kier alpha value is -2.20. The Morgan fingerprint density at radius 1 is 0.733 bits per heavy atom. The summed E-state index contributed by atoms with van der Waals surface area (Å²) in [7, 11) is 0. The summed E-state index contributed by atoms with van der Waals surface area (Å²) in [4.78, 5) is 49.0. The largest absolute Gasteiger partial charge is 0.480 e. The maximum absolute atomic E-state index is 12.8. The fourth-order valence-electron chi connectivity index (χ4n) is 2.82. The van der Waals surface area contributed by atoms with Crippen LogP contribution in [-0.4, -0.2) is 64.2 Å². The molecular formula is C20H38N4O6. The summed E-state index contributed by atoms with van der Waals surface area (Å²) in [6.45, 7) is 11.8. The second-order valence-corrected chi connectivity index (χ2v) is 8.76. The van der Waals surface area contributed by atoms with E-state index in [2.05, 4.69) is 16.0 Å². The number of carbonyl (C=O) groups excluding carboxylic acids is 3. The summed E-state index contributed by atoms with van der Waals surface area (Å²) < 4.78 is 0. The van der Waals surface area contributed by atoms with Crippen LogP contribution in [0, 0.1) is 17.8 Å². The SMILES string of the molecule is CC(C)CC(N)C(=O)NC(C(=O)NC(C(=O)NC(C(=O)O)C(C)C)C(C)O)C(C)C. The summed E-state index contributed by atoms with van der Waals surface area (Å²) in [5.74, 6) is -3.73. The van der Waals surface area contributed by atoms with Gasteiger partial charge >= 0.3 is 5.97 Å². The van der Waals surface area contributed by atoms with Crippen molar-refractivity contribution in [2.24, 2.45) is 23.5 Å². The number of aliphatic hydroxyl groups excluding tert-OH is 1. The number of carboxylic acid groups (broad SMARTS) is 1. The number of amides is 3. The van der Waals surface area contributed by atoms with Crippen LogP contribution in [0.4, 0.5) is 0 Å². The van der Waals surface area contributed by atoms with Crippen LogP contribution in [0.25, 0.3) is 0 Å². The Labute approximate surface area is 178 Å². The zero-order valence-corrected chi connectivity index (χ0v) is 18.9. The van der Waals surface area contributed by atoms with Crippen molar-refractivity contribution in [3.05, 3.63) is 0 Å². The maximum Gasteiger partial charge on any atom is 0.326 e. The number of nitrogens with two attached hydrogens (primary N) is 1. The van der Waals surface area contributed by atoms with E-state index in [1.165, 1.54) is 6.92 Å². The van der Waals surface area contributed by atoms with Gasteiger partial charge in [-0.2, -0.15) is 0 Å². The Kier molecular flexibility index (Phi) is 11.6. The lowest BCUT2D eigenvalue weighted by Gasteiger charge is -2.28.